The van der Waals surface area contributed by atoms with E-state index in [4.69, 9.17) is 0 Å². The lowest BCUT2D eigenvalue weighted by Crippen LogP contribution is -2.60. The van der Waals surface area contributed by atoms with Crippen LogP contribution in [0.1, 0.15) is 68.9 Å². The SMILES string of the molecule is O=C1NC[C@H](CCCCN2C[C@H](Cc3ccc(O)cc3)N(CCC3CCCCC3)C(=O)C2=O)N(CCc2ccc(O)cc2)C1=O. The summed E-state index contributed by atoms with van der Waals surface area (Å²) in [6.45, 7) is 2.29. The topological polar surface area (TPSA) is 130 Å². The van der Waals surface area contributed by atoms with Gasteiger partial charge in [-0.1, -0.05) is 56.4 Å². The molecule has 0 bridgehead atoms. The number of hydrogen-bond acceptors (Lipinski definition) is 6. The van der Waals surface area contributed by atoms with E-state index >= 15 is 0 Å². The second-order valence-corrected chi connectivity index (χ2v) is 12.8. The summed E-state index contributed by atoms with van der Waals surface area (Å²) in [6.07, 6.45) is 10.3. The van der Waals surface area contributed by atoms with Crippen molar-refractivity contribution in [2.45, 2.75) is 82.7 Å². The lowest BCUT2D eigenvalue weighted by atomic mass is 9.86. The van der Waals surface area contributed by atoms with Crippen LogP contribution in [-0.2, 0) is 32.0 Å². The summed E-state index contributed by atoms with van der Waals surface area (Å²) >= 11 is 0. The van der Waals surface area contributed by atoms with Crippen LogP contribution < -0.4 is 5.32 Å². The fourth-order valence-corrected chi connectivity index (χ4v) is 7.04. The number of aromatic hydroxyl groups is 2. The molecule has 10 heteroatoms. The van der Waals surface area contributed by atoms with Crippen LogP contribution in [0.3, 0.4) is 0 Å². The number of carbonyl (C=O) groups is 4. The molecule has 1 saturated carbocycles. The molecule has 2 heterocycles. The van der Waals surface area contributed by atoms with Crippen molar-refractivity contribution in [1.82, 2.24) is 20.0 Å². The van der Waals surface area contributed by atoms with Gasteiger partial charge in [-0.05, 0) is 79.8 Å². The maximum atomic E-state index is 13.5. The number of amides is 4. The lowest BCUT2D eigenvalue weighted by Gasteiger charge is -2.41. The van der Waals surface area contributed by atoms with E-state index in [9.17, 15) is 29.4 Å². The van der Waals surface area contributed by atoms with Crippen molar-refractivity contribution in [3.8, 4) is 11.5 Å². The summed E-state index contributed by atoms with van der Waals surface area (Å²) in [5.74, 6) is -1.03. The van der Waals surface area contributed by atoms with E-state index in [2.05, 4.69) is 5.32 Å². The Bertz CT molecular complexity index is 1320. The van der Waals surface area contributed by atoms with Gasteiger partial charge in [0.25, 0.3) is 0 Å². The molecule has 3 aliphatic rings. The Morgan fingerprint density at radius 1 is 0.667 bits per heavy atom. The molecule has 5 rings (SSSR count). The Labute approximate surface area is 265 Å². The van der Waals surface area contributed by atoms with Gasteiger partial charge in [0.2, 0.25) is 0 Å². The summed E-state index contributed by atoms with van der Waals surface area (Å²) in [6, 6.07) is 13.6. The number of piperazine rings is 2. The maximum Gasteiger partial charge on any atom is 0.312 e. The predicted molar refractivity (Wildman–Crippen MR) is 169 cm³/mol. The minimum Gasteiger partial charge on any atom is -0.508 e. The predicted octanol–water partition coefficient (Wildman–Crippen LogP) is 3.39. The summed E-state index contributed by atoms with van der Waals surface area (Å²) in [5.41, 5.74) is 1.98. The van der Waals surface area contributed by atoms with Crippen molar-refractivity contribution in [3.63, 3.8) is 0 Å². The molecule has 3 fully saturated rings. The molecule has 4 amide bonds. The van der Waals surface area contributed by atoms with E-state index < -0.39 is 23.6 Å². The van der Waals surface area contributed by atoms with Gasteiger partial charge in [-0.2, -0.15) is 0 Å². The fraction of sp³-hybridized carbons (Fsp3) is 0.543. The number of benzene rings is 2. The third-order valence-electron chi connectivity index (χ3n) is 9.70. The molecule has 0 spiro atoms. The second-order valence-electron chi connectivity index (χ2n) is 12.8. The molecule has 0 unspecified atom stereocenters. The van der Waals surface area contributed by atoms with Crippen LogP contribution in [0.25, 0.3) is 0 Å². The minimum absolute atomic E-state index is 0.134. The first-order chi connectivity index (χ1) is 21.8. The van der Waals surface area contributed by atoms with Gasteiger partial charge >= 0.3 is 23.6 Å². The number of phenols is 2. The normalized spacial score (nSPS) is 21.4. The molecule has 2 aromatic carbocycles. The minimum atomic E-state index is -0.595. The number of nitrogens with one attached hydrogen (secondary N) is 1. The van der Waals surface area contributed by atoms with Gasteiger partial charge in [-0.3, -0.25) is 19.2 Å². The number of rotatable bonds is 13. The van der Waals surface area contributed by atoms with Crippen LogP contribution in [0.4, 0.5) is 0 Å². The molecule has 242 valence electrons. The zero-order chi connectivity index (χ0) is 31.8. The molecular weight excluding hydrogens is 572 g/mol. The summed E-state index contributed by atoms with van der Waals surface area (Å²) in [7, 11) is 0. The Hall–Kier alpha value is -4.08. The number of nitrogens with zero attached hydrogens (tertiary/aromatic N) is 3. The van der Waals surface area contributed by atoms with Crippen LogP contribution in [-0.4, -0.2) is 93.3 Å². The standard InChI is InChI=1S/C35H46N4O6/c40-30-13-9-26(10-14-30)18-20-38-28(23-36-32(42)33(38)43)8-4-5-19-37-24-29(22-27-11-15-31(41)16-12-27)39(35(45)34(37)44)21-17-25-6-2-1-3-7-25/h9-16,25,28-29,40-41H,1-8,17-24H2,(H,36,42)/t28-,29-/m0/s1. The molecule has 10 nitrogen and oxygen atoms in total. The van der Waals surface area contributed by atoms with Crippen LogP contribution in [0, 0.1) is 5.92 Å². The Kier molecular flexibility index (Phi) is 11.0. The molecule has 45 heavy (non-hydrogen) atoms. The van der Waals surface area contributed by atoms with Crippen molar-refractivity contribution in [1.29, 1.82) is 0 Å². The van der Waals surface area contributed by atoms with Crippen molar-refractivity contribution in [2.75, 3.05) is 32.7 Å². The highest BCUT2D eigenvalue weighted by molar-refractivity contribution is 6.36. The Morgan fingerprint density at radius 2 is 1.31 bits per heavy atom. The molecule has 1 aliphatic carbocycles. The molecule has 2 aliphatic heterocycles. The highest BCUT2D eigenvalue weighted by atomic mass is 16.3. The first-order valence-electron chi connectivity index (χ1n) is 16.5. The van der Waals surface area contributed by atoms with Gasteiger partial charge in [0.05, 0.1) is 6.04 Å². The van der Waals surface area contributed by atoms with E-state index in [1.54, 1.807) is 39.0 Å². The third-order valence-corrected chi connectivity index (χ3v) is 9.70. The van der Waals surface area contributed by atoms with E-state index in [0.717, 1.165) is 24.0 Å². The van der Waals surface area contributed by atoms with Crippen LogP contribution in [0.2, 0.25) is 0 Å². The Morgan fingerprint density at radius 3 is 2.00 bits per heavy atom. The highest BCUT2D eigenvalue weighted by Crippen LogP contribution is 2.28. The molecule has 2 aromatic rings. The quantitative estimate of drug-likeness (QED) is 0.233. The van der Waals surface area contributed by atoms with Crippen LogP contribution >= 0.6 is 0 Å². The fourth-order valence-electron chi connectivity index (χ4n) is 7.04. The first kappa shape index (κ1) is 32.3. The number of unbranched alkanes of at least 4 members (excludes halogenated alkanes) is 1. The van der Waals surface area contributed by atoms with E-state index in [0.29, 0.717) is 64.3 Å². The number of hydrogen-bond donors (Lipinski definition) is 3. The van der Waals surface area contributed by atoms with Gasteiger partial charge in [0.1, 0.15) is 11.5 Å². The lowest BCUT2D eigenvalue weighted by molar-refractivity contribution is -0.159. The van der Waals surface area contributed by atoms with Crippen molar-refractivity contribution in [3.05, 3.63) is 59.7 Å². The molecule has 2 saturated heterocycles. The van der Waals surface area contributed by atoms with E-state index in [1.165, 1.54) is 32.1 Å². The van der Waals surface area contributed by atoms with Crippen molar-refractivity contribution < 1.29 is 29.4 Å². The molecule has 0 aromatic heterocycles. The maximum absolute atomic E-state index is 13.5. The largest absolute Gasteiger partial charge is 0.508 e. The smallest absolute Gasteiger partial charge is 0.312 e. The van der Waals surface area contributed by atoms with E-state index in [1.807, 2.05) is 24.3 Å². The monoisotopic (exact) mass is 618 g/mol. The zero-order valence-electron chi connectivity index (χ0n) is 26.0. The average molecular weight is 619 g/mol. The first-order valence-corrected chi connectivity index (χ1v) is 16.5. The third kappa shape index (κ3) is 8.55. The van der Waals surface area contributed by atoms with Crippen LogP contribution in [0.15, 0.2) is 48.5 Å². The molecule has 3 N–H and O–H groups in total. The number of carbonyl (C=O) groups excluding carboxylic acids is 4. The molecular formula is C35H46N4O6. The zero-order valence-corrected chi connectivity index (χ0v) is 26.0. The van der Waals surface area contributed by atoms with Gasteiger partial charge in [-0.25, -0.2) is 0 Å². The van der Waals surface area contributed by atoms with Gasteiger partial charge in [-0.15, -0.1) is 0 Å². The molecule has 0 radical (unpaired) electrons. The molecule has 2 atom stereocenters. The van der Waals surface area contributed by atoms with E-state index in [-0.39, 0.29) is 23.6 Å². The van der Waals surface area contributed by atoms with Crippen LogP contribution in [0.5, 0.6) is 11.5 Å². The van der Waals surface area contributed by atoms with Crippen molar-refractivity contribution >= 4 is 23.6 Å². The van der Waals surface area contributed by atoms with Gasteiger partial charge < -0.3 is 30.2 Å². The highest BCUT2D eigenvalue weighted by Gasteiger charge is 2.39. The second kappa shape index (κ2) is 15.3. The number of phenolic OH excluding ortho intramolecular Hbond substituents is 2. The average Bonchev–Trinajstić information content (AvgIpc) is 3.05. The summed E-state index contributed by atoms with van der Waals surface area (Å²) in [4.78, 5) is 56.7. The Balaban J connectivity index is 1.17. The van der Waals surface area contributed by atoms with Gasteiger partial charge in [0.15, 0.2) is 0 Å². The van der Waals surface area contributed by atoms with Crippen molar-refractivity contribution in [2.24, 2.45) is 5.92 Å². The summed E-state index contributed by atoms with van der Waals surface area (Å²) in [5, 5.41) is 22.0. The summed E-state index contributed by atoms with van der Waals surface area (Å²) < 4.78 is 0. The van der Waals surface area contributed by atoms with Gasteiger partial charge in [0, 0.05) is 38.8 Å².